The van der Waals surface area contributed by atoms with Crippen molar-refractivity contribution in [1.82, 2.24) is 4.90 Å². The molecule has 0 amide bonds. The highest BCUT2D eigenvalue weighted by molar-refractivity contribution is 5.75. The van der Waals surface area contributed by atoms with E-state index in [4.69, 9.17) is 5.26 Å². The molecule has 3 nitrogen and oxygen atoms in total. The van der Waals surface area contributed by atoms with E-state index in [1.807, 2.05) is 0 Å². The Morgan fingerprint density at radius 2 is 2.67 bits per heavy atom. The molecule has 0 unspecified atom stereocenters. The van der Waals surface area contributed by atoms with Crippen LogP contribution in [0.1, 0.15) is 0 Å². The summed E-state index contributed by atoms with van der Waals surface area (Å²) in [7, 11) is 0. The maximum atomic E-state index is 12.3. The zero-order valence-electron chi connectivity index (χ0n) is 4.58. The summed E-state index contributed by atoms with van der Waals surface area (Å²) in [6.45, 7) is 0.284. The summed E-state index contributed by atoms with van der Waals surface area (Å²) in [6, 6.07) is 0. The van der Waals surface area contributed by atoms with E-state index in [2.05, 4.69) is 4.99 Å². The maximum absolute atomic E-state index is 12.3. The first kappa shape index (κ1) is 5.76. The third kappa shape index (κ3) is 1.05. The molecule has 1 aliphatic rings. The highest BCUT2D eigenvalue weighted by atomic mass is 19.1. The SMILES string of the molecule is N#CN1CC=CN=C1F. The van der Waals surface area contributed by atoms with Crippen LogP contribution in [0.3, 0.4) is 0 Å². The van der Waals surface area contributed by atoms with E-state index in [-0.39, 0.29) is 6.54 Å². The molecule has 0 aromatic rings. The Labute approximate surface area is 51.7 Å². The summed E-state index contributed by atoms with van der Waals surface area (Å²) < 4.78 is 12.3. The second-order valence-electron chi connectivity index (χ2n) is 1.49. The van der Waals surface area contributed by atoms with Crippen molar-refractivity contribution in [3.8, 4) is 6.19 Å². The van der Waals surface area contributed by atoms with E-state index < -0.39 is 6.09 Å². The lowest BCUT2D eigenvalue weighted by atomic mass is 10.5. The molecule has 1 rings (SSSR count). The molecule has 0 atom stereocenters. The predicted octanol–water partition coefficient (Wildman–Crippen LogP) is 0.622. The molecule has 0 spiro atoms. The molecule has 0 aromatic heterocycles. The van der Waals surface area contributed by atoms with Gasteiger partial charge in [0.15, 0.2) is 6.19 Å². The lowest BCUT2D eigenvalue weighted by Crippen LogP contribution is -2.24. The Bertz CT molecular complexity index is 201. The van der Waals surface area contributed by atoms with Crippen LogP contribution in [0, 0.1) is 11.5 Å². The number of nitrogens with zero attached hydrogens (tertiary/aromatic N) is 3. The van der Waals surface area contributed by atoms with E-state index in [1.54, 1.807) is 12.3 Å². The molecule has 0 aliphatic carbocycles. The van der Waals surface area contributed by atoms with Crippen LogP contribution in [0.25, 0.3) is 0 Å². The molecule has 9 heavy (non-hydrogen) atoms. The Morgan fingerprint density at radius 3 is 3.11 bits per heavy atom. The van der Waals surface area contributed by atoms with Gasteiger partial charge in [0.05, 0.1) is 6.54 Å². The van der Waals surface area contributed by atoms with Crippen molar-refractivity contribution in [3.63, 3.8) is 0 Å². The zero-order chi connectivity index (χ0) is 6.69. The van der Waals surface area contributed by atoms with Crippen molar-refractivity contribution >= 4 is 6.09 Å². The van der Waals surface area contributed by atoms with Crippen molar-refractivity contribution in [1.29, 1.82) is 5.26 Å². The van der Waals surface area contributed by atoms with Gasteiger partial charge >= 0.3 is 0 Å². The van der Waals surface area contributed by atoms with Gasteiger partial charge in [-0.3, -0.25) is 0 Å². The quantitative estimate of drug-likeness (QED) is 0.351. The average molecular weight is 125 g/mol. The highest BCUT2D eigenvalue weighted by Gasteiger charge is 2.08. The standard InChI is InChI=1S/C5H4FN3/c6-5-8-2-1-3-9(5)4-7/h1-2H,3H2. The van der Waals surface area contributed by atoms with E-state index in [0.29, 0.717) is 0 Å². The Morgan fingerprint density at radius 1 is 1.89 bits per heavy atom. The number of halogens is 1. The van der Waals surface area contributed by atoms with Gasteiger partial charge in [-0.2, -0.15) is 9.65 Å². The van der Waals surface area contributed by atoms with Crippen molar-refractivity contribution in [2.45, 2.75) is 0 Å². The van der Waals surface area contributed by atoms with E-state index in [0.717, 1.165) is 4.90 Å². The molecular weight excluding hydrogens is 121 g/mol. The van der Waals surface area contributed by atoms with Crippen molar-refractivity contribution in [3.05, 3.63) is 12.3 Å². The first-order valence-electron chi connectivity index (χ1n) is 2.40. The third-order valence-electron chi connectivity index (χ3n) is 0.918. The minimum absolute atomic E-state index is 0.284. The largest absolute Gasteiger partial charge is 0.298 e. The first-order valence-corrected chi connectivity index (χ1v) is 2.40. The summed E-state index contributed by atoms with van der Waals surface area (Å²) in [6.07, 6.45) is 3.83. The smallest absolute Gasteiger partial charge is 0.235 e. The molecular formula is C5H4FN3. The summed E-state index contributed by atoms with van der Waals surface area (Å²) in [5.41, 5.74) is 0. The number of rotatable bonds is 0. The molecule has 4 heteroatoms. The van der Waals surface area contributed by atoms with E-state index >= 15 is 0 Å². The van der Waals surface area contributed by atoms with Crippen LogP contribution in [0.15, 0.2) is 17.3 Å². The summed E-state index contributed by atoms with van der Waals surface area (Å²) in [5.74, 6) is 0. The van der Waals surface area contributed by atoms with Gasteiger partial charge in [0, 0.05) is 6.20 Å². The molecule has 1 aliphatic heterocycles. The minimum atomic E-state index is -0.736. The summed E-state index contributed by atoms with van der Waals surface area (Å²) in [5, 5.41) is 8.18. The topological polar surface area (TPSA) is 39.4 Å². The van der Waals surface area contributed by atoms with Gasteiger partial charge in [-0.25, -0.2) is 9.89 Å². The summed E-state index contributed by atoms with van der Waals surface area (Å²) in [4.78, 5) is 4.12. The Hall–Kier alpha value is -1.37. The second-order valence-corrected chi connectivity index (χ2v) is 1.49. The van der Waals surface area contributed by atoms with Gasteiger partial charge < -0.3 is 0 Å². The lowest BCUT2D eigenvalue weighted by Gasteiger charge is -2.09. The van der Waals surface area contributed by atoms with Gasteiger partial charge in [-0.05, 0) is 6.08 Å². The van der Waals surface area contributed by atoms with Gasteiger partial charge in [0.1, 0.15) is 0 Å². The van der Waals surface area contributed by atoms with E-state index in [1.165, 1.54) is 6.20 Å². The van der Waals surface area contributed by atoms with Gasteiger partial charge in [0.2, 0.25) is 0 Å². The average Bonchev–Trinajstić information content (AvgIpc) is 1.89. The highest BCUT2D eigenvalue weighted by Crippen LogP contribution is 1.98. The number of hydrogen-bond donors (Lipinski definition) is 0. The van der Waals surface area contributed by atoms with Gasteiger partial charge in [-0.1, -0.05) is 0 Å². The van der Waals surface area contributed by atoms with Crippen LogP contribution in [0.2, 0.25) is 0 Å². The van der Waals surface area contributed by atoms with Crippen LogP contribution in [-0.2, 0) is 0 Å². The van der Waals surface area contributed by atoms with Gasteiger partial charge in [0.25, 0.3) is 6.09 Å². The zero-order valence-corrected chi connectivity index (χ0v) is 4.58. The number of amidine groups is 1. The molecule has 0 radical (unpaired) electrons. The monoisotopic (exact) mass is 125 g/mol. The van der Waals surface area contributed by atoms with Crippen LogP contribution >= 0.6 is 0 Å². The van der Waals surface area contributed by atoms with Crippen molar-refractivity contribution in [2.75, 3.05) is 6.54 Å². The number of hydrogen-bond acceptors (Lipinski definition) is 3. The second kappa shape index (κ2) is 2.27. The number of nitriles is 1. The first-order chi connectivity index (χ1) is 4.34. The van der Waals surface area contributed by atoms with Crippen LogP contribution in [0.4, 0.5) is 4.39 Å². The third-order valence-corrected chi connectivity index (χ3v) is 0.918. The molecule has 0 saturated heterocycles. The van der Waals surface area contributed by atoms with Crippen LogP contribution < -0.4 is 0 Å². The molecule has 0 saturated carbocycles. The molecule has 0 fully saturated rings. The maximum Gasteiger partial charge on any atom is 0.298 e. The fourth-order valence-corrected chi connectivity index (χ4v) is 0.494. The van der Waals surface area contributed by atoms with Crippen LogP contribution in [-0.4, -0.2) is 17.5 Å². The normalized spacial score (nSPS) is 16.9. The molecule has 0 N–H and O–H groups in total. The molecule has 1 heterocycles. The molecule has 0 bridgehead atoms. The summed E-state index contributed by atoms with van der Waals surface area (Å²) >= 11 is 0. The van der Waals surface area contributed by atoms with Crippen molar-refractivity contribution < 1.29 is 4.39 Å². The Kier molecular flexibility index (Phi) is 1.45. The molecule has 0 aromatic carbocycles. The van der Waals surface area contributed by atoms with Gasteiger partial charge in [-0.15, -0.1) is 0 Å². The van der Waals surface area contributed by atoms with Crippen LogP contribution in [0.5, 0.6) is 0 Å². The van der Waals surface area contributed by atoms with E-state index in [9.17, 15) is 4.39 Å². The van der Waals surface area contributed by atoms with Crippen molar-refractivity contribution in [2.24, 2.45) is 4.99 Å². The fourth-order valence-electron chi connectivity index (χ4n) is 0.494. The fraction of sp³-hybridized carbons (Fsp3) is 0.200. The number of aliphatic imine (C=N–C) groups is 1. The minimum Gasteiger partial charge on any atom is -0.235 e. The molecule has 46 valence electrons. The Balaban J connectivity index is 2.73. The lowest BCUT2D eigenvalue weighted by molar-refractivity contribution is 0.539. The predicted molar refractivity (Wildman–Crippen MR) is 30.0 cm³/mol.